The molecule has 0 saturated carbocycles. The molecule has 0 saturated heterocycles. The molecule has 52 heavy (non-hydrogen) atoms. The zero-order chi connectivity index (χ0) is 37.8. The molecule has 0 bridgehead atoms. The summed E-state index contributed by atoms with van der Waals surface area (Å²) >= 11 is 0. The van der Waals surface area contributed by atoms with Gasteiger partial charge in [0.2, 0.25) is 5.96 Å². The van der Waals surface area contributed by atoms with Gasteiger partial charge in [-0.2, -0.15) is 0 Å². The van der Waals surface area contributed by atoms with E-state index in [1.54, 1.807) is 13.8 Å². The van der Waals surface area contributed by atoms with E-state index in [0.717, 1.165) is 28.7 Å². The van der Waals surface area contributed by atoms with Crippen LogP contribution >= 0.6 is 0 Å². The van der Waals surface area contributed by atoms with Crippen LogP contribution in [0.2, 0.25) is 0 Å². The molecule has 5 rings (SSSR count). The van der Waals surface area contributed by atoms with E-state index in [1.807, 2.05) is 81.4 Å². The van der Waals surface area contributed by atoms with Crippen molar-refractivity contribution in [1.29, 1.82) is 5.41 Å². The maximum atomic E-state index is 13.5. The fourth-order valence-electron chi connectivity index (χ4n) is 6.62. The second kappa shape index (κ2) is 15.4. The van der Waals surface area contributed by atoms with Gasteiger partial charge in [0, 0.05) is 24.4 Å². The largest absolute Gasteiger partial charge is 0.487 e. The Morgan fingerprint density at radius 3 is 2.15 bits per heavy atom. The van der Waals surface area contributed by atoms with Crippen LogP contribution in [0.4, 0.5) is 0 Å². The summed E-state index contributed by atoms with van der Waals surface area (Å²) in [6.07, 6.45) is 3.09. The van der Waals surface area contributed by atoms with Crippen molar-refractivity contribution in [2.45, 2.75) is 82.9 Å². The first-order chi connectivity index (χ1) is 24.6. The van der Waals surface area contributed by atoms with Crippen molar-refractivity contribution in [2.75, 3.05) is 6.54 Å². The molecule has 1 aliphatic rings. The second-order valence-corrected chi connectivity index (χ2v) is 15.3. The number of carboxylic acids is 1. The summed E-state index contributed by atoms with van der Waals surface area (Å²) in [7, 11) is -4.13. The quantitative estimate of drug-likeness (QED) is 0.0770. The first-order valence-electron chi connectivity index (χ1n) is 17.1. The third-order valence-electron chi connectivity index (χ3n) is 9.47. The number of nitrogens with one attached hydrogen (secondary N) is 4. The summed E-state index contributed by atoms with van der Waals surface area (Å²) in [4.78, 5) is 38.6. The van der Waals surface area contributed by atoms with Gasteiger partial charge in [0.1, 0.15) is 17.4 Å². The van der Waals surface area contributed by atoms with E-state index in [9.17, 15) is 27.9 Å². The highest BCUT2D eigenvalue weighted by Crippen LogP contribution is 2.42. The van der Waals surface area contributed by atoms with Gasteiger partial charge in [0.25, 0.3) is 21.5 Å². The Morgan fingerprint density at radius 1 is 0.962 bits per heavy atom. The minimum atomic E-state index is -4.13. The zero-order valence-corrected chi connectivity index (χ0v) is 30.8. The number of nitrogens with zero attached hydrogens (tertiary/aromatic N) is 1. The number of pyridine rings is 1. The predicted molar refractivity (Wildman–Crippen MR) is 199 cm³/mol. The summed E-state index contributed by atoms with van der Waals surface area (Å²) in [5, 5.41) is 23.2. The molecule has 0 unspecified atom stereocenters. The summed E-state index contributed by atoms with van der Waals surface area (Å²) < 4.78 is 37.0. The fraction of sp³-hybridized carbons (Fsp3) is 0.333. The summed E-state index contributed by atoms with van der Waals surface area (Å²) in [6, 6.07) is 19.9. The first-order valence-corrected chi connectivity index (χ1v) is 18.6. The van der Waals surface area contributed by atoms with Crippen LogP contribution in [0.1, 0.15) is 82.9 Å². The second-order valence-electron chi connectivity index (χ2n) is 13.7. The standard InChI is InChI=1S/C39H45N5O7S/c1-24-25(2)35(26(3)30-18-20-39(4,5)51-34(24)30)52(49,50)43-38(40)41-21-12-17-31(37(47)48)42-36(46)29-19-22-44(32(45)23-29)33(27-13-8-6-9-14-27)28-15-10-7-11-16-28/h6-11,13-16,19,22-23,31,33H,12,17-18,20-21H2,1-5H3,(H,42,46)(H,47,48)(H3,40,41,43)/t31-/m0/s1. The highest BCUT2D eigenvalue weighted by molar-refractivity contribution is 7.90. The van der Waals surface area contributed by atoms with Crippen molar-refractivity contribution in [1.82, 2.24) is 19.9 Å². The number of amides is 1. The van der Waals surface area contributed by atoms with Crippen molar-refractivity contribution in [3.05, 3.63) is 128 Å². The molecule has 274 valence electrons. The molecule has 13 heteroatoms. The highest BCUT2D eigenvalue weighted by Gasteiger charge is 2.34. The predicted octanol–water partition coefficient (Wildman–Crippen LogP) is 4.98. The lowest BCUT2D eigenvalue weighted by molar-refractivity contribution is -0.139. The average molecular weight is 728 g/mol. The number of rotatable bonds is 12. The van der Waals surface area contributed by atoms with Crippen LogP contribution in [0.5, 0.6) is 5.75 Å². The van der Waals surface area contributed by atoms with E-state index in [0.29, 0.717) is 23.3 Å². The number of carbonyl (C=O) groups excluding carboxylic acids is 1. The number of sulfonamides is 1. The Balaban J connectivity index is 1.19. The number of carbonyl (C=O) groups is 2. The molecule has 0 radical (unpaired) electrons. The molecule has 1 atom stereocenters. The minimum absolute atomic E-state index is 0.0139. The number of hydrogen-bond acceptors (Lipinski definition) is 7. The number of carboxylic acid groups (broad SMARTS) is 1. The molecule has 2 heterocycles. The molecule has 0 fully saturated rings. The number of aromatic nitrogens is 1. The van der Waals surface area contributed by atoms with Gasteiger partial charge in [-0.3, -0.25) is 15.0 Å². The molecule has 1 aromatic heterocycles. The van der Waals surface area contributed by atoms with Crippen LogP contribution in [-0.4, -0.2) is 54.1 Å². The van der Waals surface area contributed by atoms with Crippen molar-refractivity contribution in [3.63, 3.8) is 0 Å². The molecule has 4 aromatic rings. The molecule has 5 N–H and O–H groups in total. The number of benzene rings is 3. The van der Waals surface area contributed by atoms with Gasteiger partial charge in [0.15, 0.2) is 0 Å². The Labute approximate surface area is 303 Å². The molecule has 0 aliphatic carbocycles. The molecular formula is C39H45N5O7S. The Hall–Kier alpha value is -5.43. The van der Waals surface area contributed by atoms with Crippen LogP contribution < -0.4 is 25.7 Å². The summed E-state index contributed by atoms with van der Waals surface area (Å²) in [6.45, 7) is 9.35. The van der Waals surface area contributed by atoms with E-state index in [-0.39, 0.29) is 35.4 Å². The third-order valence-corrected chi connectivity index (χ3v) is 11.1. The van der Waals surface area contributed by atoms with E-state index < -0.39 is 45.5 Å². The van der Waals surface area contributed by atoms with Crippen LogP contribution in [0.3, 0.4) is 0 Å². The van der Waals surface area contributed by atoms with E-state index in [2.05, 4.69) is 15.4 Å². The molecule has 0 spiro atoms. The Kier molecular flexibility index (Phi) is 11.2. The SMILES string of the molecule is Cc1c(C)c(S(=O)(=O)NC(=N)NCCC[C@H](NC(=O)c2ccn(C(c3ccccc3)c3ccccc3)c(=O)c2)C(=O)O)c(C)c2c1OC(C)(C)CC2. The van der Waals surface area contributed by atoms with Crippen LogP contribution in [0, 0.1) is 26.2 Å². The van der Waals surface area contributed by atoms with Gasteiger partial charge >= 0.3 is 5.97 Å². The summed E-state index contributed by atoms with van der Waals surface area (Å²) in [5.74, 6) is -1.75. The van der Waals surface area contributed by atoms with E-state index in [4.69, 9.17) is 10.1 Å². The maximum Gasteiger partial charge on any atom is 0.326 e. The Bertz CT molecular complexity index is 2110. The number of hydrogen-bond donors (Lipinski definition) is 5. The van der Waals surface area contributed by atoms with Crippen LogP contribution in [0.25, 0.3) is 0 Å². The van der Waals surface area contributed by atoms with Gasteiger partial charge in [-0.15, -0.1) is 0 Å². The normalized spacial score (nSPS) is 14.1. The third kappa shape index (κ3) is 8.37. The molecule has 1 amide bonds. The number of guanidine groups is 1. The van der Waals surface area contributed by atoms with Gasteiger partial charge in [-0.25, -0.2) is 17.9 Å². The number of fused-ring (bicyclic) bond motifs is 1. The number of ether oxygens (including phenoxy) is 1. The highest BCUT2D eigenvalue weighted by atomic mass is 32.2. The monoisotopic (exact) mass is 727 g/mol. The van der Waals surface area contributed by atoms with Gasteiger partial charge < -0.3 is 25.0 Å². The van der Waals surface area contributed by atoms with E-state index in [1.165, 1.54) is 22.9 Å². The lowest BCUT2D eigenvalue weighted by Crippen LogP contribution is -2.43. The molecule has 3 aromatic carbocycles. The van der Waals surface area contributed by atoms with Gasteiger partial charge in [0.05, 0.1) is 10.9 Å². The number of aliphatic carboxylic acids is 1. The topological polar surface area (TPSA) is 180 Å². The van der Waals surface area contributed by atoms with E-state index >= 15 is 0 Å². The minimum Gasteiger partial charge on any atom is -0.487 e. The molecule has 12 nitrogen and oxygen atoms in total. The lowest BCUT2D eigenvalue weighted by atomic mass is 9.88. The van der Waals surface area contributed by atoms with Crippen molar-refractivity contribution in [3.8, 4) is 5.75 Å². The molecule has 1 aliphatic heterocycles. The van der Waals surface area contributed by atoms with Crippen molar-refractivity contribution < 1.29 is 27.9 Å². The first kappa shape index (κ1) is 37.8. The Morgan fingerprint density at radius 2 is 1.58 bits per heavy atom. The van der Waals surface area contributed by atoms with Crippen LogP contribution in [0.15, 0.2) is 88.7 Å². The zero-order valence-electron chi connectivity index (χ0n) is 29.9. The van der Waals surface area contributed by atoms with Crippen molar-refractivity contribution >= 4 is 27.9 Å². The van der Waals surface area contributed by atoms with Gasteiger partial charge in [-0.1, -0.05) is 60.7 Å². The maximum absolute atomic E-state index is 13.5. The lowest BCUT2D eigenvalue weighted by Gasteiger charge is -2.35. The van der Waals surface area contributed by atoms with Crippen LogP contribution in [-0.2, 0) is 21.2 Å². The van der Waals surface area contributed by atoms with Crippen molar-refractivity contribution in [2.24, 2.45) is 0 Å². The fourth-order valence-corrected chi connectivity index (χ4v) is 8.15. The van der Waals surface area contributed by atoms with Gasteiger partial charge in [-0.05, 0) is 99.7 Å². The molecular weight excluding hydrogens is 683 g/mol. The average Bonchev–Trinajstić information content (AvgIpc) is 3.09. The summed E-state index contributed by atoms with van der Waals surface area (Å²) in [5.41, 5.74) is 3.68. The smallest absolute Gasteiger partial charge is 0.326 e.